The Balaban J connectivity index is 1.76. The molecule has 4 heteroatoms. The highest BCUT2D eigenvalue weighted by Crippen LogP contribution is 2.41. The second-order valence-electron chi connectivity index (χ2n) is 5.68. The lowest BCUT2D eigenvalue weighted by atomic mass is 10.1. The molecule has 0 saturated carbocycles. The summed E-state index contributed by atoms with van der Waals surface area (Å²) in [4.78, 5) is 0. The molecule has 1 N–H and O–H groups in total. The van der Waals surface area contributed by atoms with E-state index in [0.29, 0.717) is 0 Å². The van der Waals surface area contributed by atoms with Gasteiger partial charge in [0.15, 0.2) is 11.5 Å². The lowest BCUT2D eigenvalue weighted by Gasteiger charge is -2.16. The van der Waals surface area contributed by atoms with Crippen LogP contribution in [-0.2, 0) is 0 Å². The molecule has 21 heavy (non-hydrogen) atoms. The highest BCUT2D eigenvalue weighted by Gasteiger charge is 2.31. The van der Waals surface area contributed by atoms with Gasteiger partial charge in [-0.3, -0.25) is 0 Å². The molecule has 3 nitrogen and oxygen atoms in total. The van der Waals surface area contributed by atoms with Gasteiger partial charge < -0.3 is 14.8 Å². The first-order chi connectivity index (χ1) is 9.93. The highest BCUT2D eigenvalue weighted by atomic mass is 35.5. The van der Waals surface area contributed by atoms with Crippen LogP contribution in [0, 0.1) is 0 Å². The minimum Gasteiger partial charge on any atom is -0.449 e. The fourth-order valence-corrected chi connectivity index (χ4v) is 2.52. The van der Waals surface area contributed by atoms with Crippen LogP contribution in [0.15, 0.2) is 42.5 Å². The van der Waals surface area contributed by atoms with Gasteiger partial charge in [-0.2, -0.15) is 0 Å². The fourth-order valence-electron chi connectivity index (χ4n) is 2.40. The Morgan fingerprint density at radius 3 is 2.38 bits per heavy atom. The van der Waals surface area contributed by atoms with E-state index in [2.05, 4.69) is 12.2 Å². The van der Waals surface area contributed by atoms with Crippen molar-refractivity contribution in [3.63, 3.8) is 0 Å². The van der Waals surface area contributed by atoms with Crippen molar-refractivity contribution >= 4 is 17.3 Å². The van der Waals surface area contributed by atoms with E-state index >= 15 is 0 Å². The summed E-state index contributed by atoms with van der Waals surface area (Å²) in [5, 5.41) is 4.20. The minimum absolute atomic E-state index is 0.177. The summed E-state index contributed by atoms with van der Waals surface area (Å²) < 4.78 is 11.4. The number of hydrogen-bond acceptors (Lipinski definition) is 3. The van der Waals surface area contributed by atoms with E-state index in [1.807, 2.05) is 56.3 Å². The minimum atomic E-state index is -0.594. The van der Waals surface area contributed by atoms with E-state index in [0.717, 1.165) is 22.2 Å². The average Bonchev–Trinajstić information content (AvgIpc) is 2.72. The zero-order valence-electron chi connectivity index (χ0n) is 12.3. The van der Waals surface area contributed by atoms with Crippen molar-refractivity contribution in [1.29, 1.82) is 0 Å². The van der Waals surface area contributed by atoms with Crippen LogP contribution in [0.4, 0.5) is 5.69 Å². The third-order valence-corrected chi connectivity index (χ3v) is 3.66. The molecule has 0 spiro atoms. The van der Waals surface area contributed by atoms with Crippen molar-refractivity contribution in [3.05, 3.63) is 53.1 Å². The summed E-state index contributed by atoms with van der Waals surface area (Å²) in [5.41, 5.74) is 2.18. The first-order valence-corrected chi connectivity index (χ1v) is 7.35. The van der Waals surface area contributed by atoms with Crippen molar-refractivity contribution in [2.75, 3.05) is 5.32 Å². The molecule has 1 atom stereocenters. The van der Waals surface area contributed by atoms with Crippen LogP contribution in [0.3, 0.4) is 0 Å². The molecule has 1 aliphatic rings. The predicted molar refractivity (Wildman–Crippen MR) is 85.3 cm³/mol. The van der Waals surface area contributed by atoms with Crippen LogP contribution < -0.4 is 14.8 Å². The summed E-state index contributed by atoms with van der Waals surface area (Å²) >= 11 is 5.92. The van der Waals surface area contributed by atoms with Crippen LogP contribution >= 0.6 is 11.6 Å². The molecule has 1 aliphatic heterocycles. The lowest BCUT2D eigenvalue weighted by Crippen LogP contribution is -2.29. The van der Waals surface area contributed by atoms with E-state index in [4.69, 9.17) is 21.1 Å². The van der Waals surface area contributed by atoms with Crippen LogP contribution in [0.5, 0.6) is 11.5 Å². The van der Waals surface area contributed by atoms with Gasteiger partial charge in [-0.1, -0.05) is 23.7 Å². The van der Waals surface area contributed by atoms with Crippen molar-refractivity contribution in [1.82, 2.24) is 0 Å². The number of nitrogens with one attached hydrogen (secondary N) is 1. The fraction of sp³-hybridized carbons (Fsp3) is 0.294. The maximum atomic E-state index is 5.92. The van der Waals surface area contributed by atoms with E-state index in [-0.39, 0.29) is 6.04 Å². The summed E-state index contributed by atoms with van der Waals surface area (Å²) in [5.74, 6) is 0.959. The van der Waals surface area contributed by atoms with Gasteiger partial charge >= 0.3 is 0 Å². The smallest absolute Gasteiger partial charge is 0.246 e. The van der Waals surface area contributed by atoms with E-state index in [1.54, 1.807) is 0 Å². The molecule has 0 fully saturated rings. The maximum absolute atomic E-state index is 5.92. The van der Waals surface area contributed by atoms with E-state index in [9.17, 15) is 0 Å². The predicted octanol–water partition coefficient (Wildman–Crippen LogP) is 5.02. The highest BCUT2D eigenvalue weighted by molar-refractivity contribution is 6.30. The summed E-state index contributed by atoms with van der Waals surface area (Å²) in [7, 11) is 0. The molecule has 1 heterocycles. The number of ether oxygens (including phenoxy) is 2. The molecule has 3 rings (SSSR count). The molecule has 0 amide bonds. The molecule has 1 unspecified atom stereocenters. The molecule has 2 aromatic carbocycles. The summed E-state index contributed by atoms with van der Waals surface area (Å²) in [6, 6.07) is 13.9. The Kier molecular flexibility index (Phi) is 3.46. The second kappa shape index (κ2) is 5.15. The SMILES string of the molecule is CC(Nc1ccc2c(c1)OC(C)(C)O2)c1ccc(Cl)cc1. The van der Waals surface area contributed by atoms with Gasteiger partial charge in [-0.25, -0.2) is 0 Å². The number of hydrogen-bond donors (Lipinski definition) is 1. The molecule has 0 saturated heterocycles. The Labute approximate surface area is 129 Å². The molecule has 0 aromatic heterocycles. The monoisotopic (exact) mass is 303 g/mol. The van der Waals surface area contributed by atoms with Gasteiger partial charge in [0.05, 0.1) is 0 Å². The zero-order chi connectivity index (χ0) is 15.0. The molecule has 0 radical (unpaired) electrons. The molecule has 110 valence electrons. The number of fused-ring (bicyclic) bond motifs is 1. The molecular weight excluding hydrogens is 286 g/mol. The Bertz CT molecular complexity index is 652. The van der Waals surface area contributed by atoms with Gasteiger partial charge in [0.2, 0.25) is 5.79 Å². The van der Waals surface area contributed by atoms with Gasteiger partial charge in [-0.15, -0.1) is 0 Å². The van der Waals surface area contributed by atoms with Gasteiger partial charge in [0.1, 0.15) is 0 Å². The normalized spacial score (nSPS) is 16.6. The van der Waals surface area contributed by atoms with Crippen molar-refractivity contribution in [2.45, 2.75) is 32.6 Å². The Morgan fingerprint density at radius 2 is 1.67 bits per heavy atom. The van der Waals surface area contributed by atoms with Crippen LogP contribution in [0.1, 0.15) is 32.4 Å². The van der Waals surface area contributed by atoms with Crippen LogP contribution in [-0.4, -0.2) is 5.79 Å². The topological polar surface area (TPSA) is 30.5 Å². The first kappa shape index (κ1) is 14.1. The third-order valence-electron chi connectivity index (χ3n) is 3.41. The van der Waals surface area contributed by atoms with Crippen LogP contribution in [0.2, 0.25) is 5.02 Å². The quantitative estimate of drug-likeness (QED) is 0.863. The largest absolute Gasteiger partial charge is 0.449 e. The second-order valence-corrected chi connectivity index (χ2v) is 6.12. The van der Waals surface area contributed by atoms with Crippen molar-refractivity contribution in [3.8, 4) is 11.5 Å². The molecular formula is C17H18ClNO2. The third kappa shape index (κ3) is 3.08. The number of halogens is 1. The molecule has 0 bridgehead atoms. The van der Waals surface area contributed by atoms with Crippen molar-refractivity contribution in [2.24, 2.45) is 0 Å². The Hall–Kier alpha value is -1.87. The van der Waals surface area contributed by atoms with Crippen LogP contribution in [0.25, 0.3) is 0 Å². The lowest BCUT2D eigenvalue weighted by molar-refractivity contribution is -0.0431. The zero-order valence-corrected chi connectivity index (χ0v) is 13.1. The first-order valence-electron chi connectivity index (χ1n) is 6.97. The van der Waals surface area contributed by atoms with Crippen molar-refractivity contribution < 1.29 is 9.47 Å². The number of benzene rings is 2. The van der Waals surface area contributed by atoms with E-state index < -0.39 is 5.79 Å². The standard InChI is InChI=1S/C17H18ClNO2/c1-11(12-4-6-13(18)7-5-12)19-14-8-9-15-16(10-14)21-17(2,3)20-15/h4-11,19H,1-3H3. The van der Waals surface area contributed by atoms with Gasteiger partial charge in [-0.05, 0) is 36.8 Å². The summed E-state index contributed by atoms with van der Waals surface area (Å²) in [6.07, 6.45) is 0. The maximum Gasteiger partial charge on any atom is 0.246 e. The van der Waals surface area contributed by atoms with E-state index in [1.165, 1.54) is 5.56 Å². The Morgan fingerprint density at radius 1 is 1.00 bits per heavy atom. The average molecular weight is 304 g/mol. The number of rotatable bonds is 3. The molecule has 2 aromatic rings. The summed E-state index contributed by atoms with van der Waals surface area (Å²) in [6.45, 7) is 5.91. The van der Waals surface area contributed by atoms with Gasteiger partial charge in [0.25, 0.3) is 0 Å². The number of anilines is 1. The van der Waals surface area contributed by atoms with Gasteiger partial charge in [0, 0.05) is 36.7 Å². The molecule has 0 aliphatic carbocycles.